The third-order valence-corrected chi connectivity index (χ3v) is 4.34. The molecule has 0 radical (unpaired) electrons. The number of nitrogens with one attached hydrogen (secondary N) is 1. The molecule has 3 aromatic rings. The average Bonchev–Trinajstić information content (AvgIpc) is 2.94. The van der Waals surface area contributed by atoms with Crippen LogP contribution in [-0.2, 0) is 0 Å². The Balaban J connectivity index is 2.27. The molecule has 0 spiro atoms. The summed E-state index contributed by atoms with van der Waals surface area (Å²) >= 11 is 6.29. The molecular weight excluding hydrogens is 391 g/mol. The molecule has 0 amide bonds. The van der Waals surface area contributed by atoms with Crippen LogP contribution < -0.4 is 5.32 Å². The van der Waals surface area contributed by atoms with Crippen molar-refractivity contribution in [2.24, 2.45) is 5.41 Å². The topological polar surface area (TPSA) is 55.1 Å². The molecule has 1 N–H and O–H groups in total. The molecule has 2 heterocycles. The Morgan fingerprint density at radius 1 is 1.04 bits per heavy atom. The summed E-state index contributed by atoms with van der Waals surface area (Å²) in [4.78, 5) is 8.08. The number of hydrogen-bond donors (Lipinski definition) is 1. The lowest BCUT2D eigenvalue weighted by Crippen LogP contribution is -2.36. The first kappa shape index (κ1) is 20.4. The van der Waals surface area contributed by atoms with E-state index in [-0.39, 0.29) is 27.7 Å². The van der Waals surface area contributed by atoms with Gasteiger partial charge in [-0.15, -0.1) is 0 Å². The highest BCUT2D eigenvalue weighted by atomic mass is 35.5. The van der Waals surface area contributed by atoms with Crippen LogP contribution in [0.1, 0.15) is 41.0 Å². The van der Waals surface area contributed by atoms with E-state index in [4.69, 9.17) is 11.6 Å². The van der Waals surface area contributed by atoms with Crippen molar-refractivity contribution in [3.8, 4) is 11.1 Å². The highest BCUT2D eigenvalue weighted by Crippen LogP contribution is 2.40. The third-order valence-electron chi connectivity index (χ3n) is 4.07. The second kappa shape index (κ2) is 6.92. The van der Waals surface area contributed by atoms with Crippen molar-refractivity contribution in [2.45, 2.75) is 46.6 Å². The Morgan fingerprint density at radius 3 is 2.21 bits per heavy atom. The minimum Gasteiger partial charge on any atom is -0.364 e. The molecule has 0 bridgehead atoms. The molecule has 0 unspecified atom stereocenters. The minimum absolute atomic E-state index is 0.0264. The van der Waals surface area contributed by atoms with E-state index in [1.165, 1.54) is 10.8 Å². The Labute approximate surface area is 166 Å². The number of nitrogens with zero attached hydrogens (tertiary/aromatic N) is 4. The molecule has 9 heteroatoms. The van der Waals surface area contributed by atoms with Crippen molar-refractivity contribution in [3.63, 3.8) is 0 Å². The zero-order valence-corrected chi connectivity index (χ0v) is 17.0. The summed E-state index contributed by atoms with van der Waals surface area (Å²) in [5.41, 5.74) is -1.05. The molecule has 0 aliphatic rings. The quantitative estimate of drug-likeness (QED) is 0.577. The van der Waals surface area contributed by atoms with Crippen LogP contribution in [-0.4, -0.2) is 25.1 Å². The van der Waals surface area contributed by atoms with E-state index in [1.54, 1.807) is 0 Å². The Bertz CT molecular complexity index is 1020. The Morgan fingerprint density at radius 2 is 1.64 bits per heavy atom. The first-order valence-corrected chi connectivity index (χ1v) is 9.08. The number of hydrogen-bond acceptors (Lipinski definition) is 4. The van der Waals surface area contributed by atoms with Crippen LogP contribution >= 0.6 is 11.6 Å². The zero-order chi connectivity index (χ0) is 20.9. The van der Waals surface area contributed by atoms with Gasteiger partial charge in [0.1, 0.15) is 34.7 Å². The van der Waals surface area contributed by atoms with Crippen molar-refractivity contribution in [1.82, 2.24) is 19.6 Å². The molecule has 0 aliphatic heterocycles. The van der Waals surface area contributed by atoms with E-state index in [1.807, 2.05) is 13.8 Å². The van der Waals surface area contributed by atoms with E-state index in [2.05, 4.69) is 41.2 Å². The highest BCUT2D eigenvalue weighted by molar-refractivity contribution is 6.33. The van der Waals surface area contributed by atoms with Crippen molar-refractivity contribution >= 4 is 23.2 Å². The molecule has 0 saturated carbocycles. The van der Waals surface area contributed by atoms with Crippen molar-refractivity contribution in [2.75, 3.05) is 5.32 Å². The summed E-state index contributed by atoms with van der Waals surface area (Å²) in [6.07, 6.45) is 1.99. The van der Waals surface area contributed by atoms with Crippen molar-refractivity contribution < 1.29 is 13.2 Å². The summed E-state index contributed by atoms with van der Waals surface area (Å²) in [5, 5.41) is 7.23. The molecule has 0 fully saturated rings. The Kier molecular flexibility index (Phi) is 5.04. The number of halogens is 4. The lowest BCUT2D eigenvalue weighted by molar-refractivity contribution is 0.301. The van der Waals surface area contributed by atoms with Crippen LogP contribution in [0.2, 0.25) is 5.15 Å². The molecule has 3 rings (SSSR count). The summed E-state index contributed by atoms with van der Waals surface area (Å²) in [7, 11) is 0. The van der Waals surface area contributed by atoms with Gasteiger partial charge in [0.05, 0.1) is 11.1 Å². The lowest BCUT2D eigenvalue weighted by Gasteiger charge is -2.34. The summed E-state index contributed by atoms with van der Waals surface area (Å²) in [6, 6.07) is 1.20. The van der Waals surface area contributed by atoms with Gasteiger partial charge in [0.25, 0.3) is 5.78 Å². The third kappa shape index (κ3) is 4.06. The predicted molar refractivity (Wildman–Crippen MR) is 103 cm³/mol. The SMILES string of the molecule is CC(C)(C)CC(C)(C)Nc1c(-c2c(F)cc(F)cc2F)c(Cl)nc2ncnn12. The normalized spacial score (nSPS) is 12.6. The monoisotopic (exact) mass is 411 g/mol. The molecule has 150 valence electrons. The standard InChI is InChI=1S/C19H21ClF3N5/c1-18(2,3)8-19(4,5)27-16-14(13-11(22)6-10(21)7-12(13)23)15(20)26-17-24-9-25-28(16)17/h6-7,9,27H,8H2,1-5H3. The van der Waals surface area contributed by atoms with Gasteiger partial charge in [0, 0.05) is 17.7 Å². The van der Waals surface area contributed by atoms with Gasteiger partial charge >= 0.3 is 0 Å². The average molecular weight is 412 g/mol. The van der Waals surface area contributed by atoms with E-state index < -0.39 is 28.6 Å². The van der Waals surface area contributed by atoms with Gasteiger partial charge in [-0.1, -0.05) is 32.4 Å². The fourth-order valence-electron chi connectivity index (χ4n) is 3.63. The van der Waals surface area contributed by atoms with Crippen molar-refractivity contribution in [1.29, 1.82) is 0 Å². The van der Waals surface area contributed by atoms with E-state index in [9.17, 15) is 13.2 Å². The number of rotatable bonds is 4. The summed E-state index contributed by atoms with van der Waals surface area (Å²) in [5.74, 6) is -2.79. The van der Waals surface area contributed by atoms with E-state index in [0.29, 0.717) is 12.1 Å². The fraction of sp³-hybridized carbons (Fsp3) is 0.421. The van der Waals surface area contributed by atoms with Crippen molar-refractivity contribution in [3.05, 3.63) is 41.1 Å². The number of fused-ring (bicyclic) bond motifs is 1. The van der Waals surface area contributed by atoms with Gasteiger partial charge in [0.15, 0.2) is 0 Å². The molecule has 0 atom stereocenters. The van der Waals surface area contributed by atoms with Gasteiger partial charge in [-0.2, -0.15) is 19.6 Å². The number of anilines is 1. The number of benzene rings is 1. The predicted octanol–water partition coefficient (Wildman–Crippen LogP) is 5.49. The van der Waals surface area contributed by atoms with Gasteiger partial charge in [0.2, 0.25) is 0 Å². The van der Waals surface area contributed by atoms with E-state index in [0.717, 1.165) is 6.42 Å². The maximum absolute atomic E-state index is 14.5. The lowest BCUT2D eigenvalue weighted by atomic mass is 9.81. The van der Waals surface area contributed by atoms with Gasteiger partial charge in [-0.05, 0) is 25.7 Å². The van der Waals surface area contributed by atoms with E-state index >= 15 is 0 Å². The van der Waals surface area contributed by atoms with Gasteiger partial charge in [-0.3, -0.25) is 0 Å². The van der Waals surface area contributed by atoms with Crippen LogP contribution in [0.25, 0.3) is 16.9 Å². The molecule has 1 aromatic carbocycles. The molecule has 0 saturated heterocycles. The smallest absolute Gasteiger partial charge is 0.255 e. The molecule has 28 heavy (non-hydrogen) atoms. The van der Waals surface area contributed by atoms with Crippen LogP contribution in [0.15, 0.2) is 18.5 Å². The van der Waals surface area contributed by atoms with Crippen LogP contribution in [0.5, 0.6) is 0 Å². The minimum atomic E-state index is -1.09. The van der Waals surface area contributed by atoms with Gasteiger partial charge < -0.3 is 5.32 Å². The molecule has 5 nitrogen and oxygen atoms in total. The van der Waals surface area contributed by atoms with Gasteiger partial charge in [-0.25, -0.2) is 13.2 Å². The molecule has 2 aromatic heterocycles. The molecule has 0 aliphatic carbocycles. The summed E-state index contributed by atoms with van der Waals surface area (Å²) < 4.78 is 43.8. The van der Waals surface area contributed by atoms with Crippen LogP contribution in [0.3, 0.4) is 0 Å². The fourth-order valence-corrected chi connectivity index (χ4v) is 3.88. The second-order valence-electron chi connectivity index (χ2n) is 8.59. The van der Waals surface area contributed by atoms with Crippen LogP contribution in [0.4, 0.5) is 19.0 Å². The number of aromatic nitrogens is 4. The first-order chi connectivity index (χ1) is 12.9. The maximum Gasteiger partial charge on any atom is 0.255 e. The second-order valence-corrected chi connectivity index (χ2v) is 8.95. The largest absolute Gasteiger partial charge is 0.364 e. The Hall–Kier alpha value is -2.35. The molecular formula is C19H21ClF3N5. The van der Waals surface area contributed by atoms with Crippen LogP contribution in [0, 0.1) is 22.9 Å². The highest BCUT2D eigenvalue weighted by Gasteiger charge is 2.30. The maximum atomic E-state index is 14.5. The summed E-state index contributed by atoms with van der Waals surface area (Å²) in [6.45, 7) is 10.2. The zero-order valence-electron chi connectivity index (χ0n) is 16.2. The first-order valence-electron chi connectivity index (χ1n) is 8.70.